The number of rotatable bonds is 3. The monoisotopic (exact) mass is 356 g/mol. The highest BCUT2D eigenvalue weighted by Crippen LogP contribution is 2.18. The van der Waals surface area contributed by atoms with Gasteiger partial charge in [-0.15, -0.1) is 0 Å². The Labute approximate surface area is 150 Å². The van der Waals surface area contributed by atoms with E-state index in [4.69, 9.17) is 16.3 Å². The van der Waals surface area contributed by atoms with Crippen LogP contribution in [0.4, 0.5) is 0 Å². The smallest absolute Gasteiger partial charge is 0.332 e. The molecule has 0 radical (unpaired) electrons. The van der Waals surface area contributed by atoms with Crippen LogP contribution in [0.25, 0.3) is 5.70 Å². The van der Waals surface area contributed by atoms with Crippen molar-refractivity contribution in [2.45, 2.75) is 6.92 Å². The molecule has 0 atom stereocenters. The predicted octanol–water partition coefficient (Wildman–Crippen LogP) is 2.27. The van der Waals surface area contributed by atoms with Gasteiger partial charge in [-0.1, -0.05) is 41.9 Å². The number of carbonyl (C=O) groups is 1. The second kappa shape index (κ2) is 7.51. The van der Waals surface area contributed by atoms with Crippen LogP contribution in [-0.2, 0) is 9.53 Å². The van der Waals surface area contributed by atoms with Crippen molar-refractivity contribution in [3.8, 4) is 0 Å². The van der Waals surface area contributed by atoms with Gasteiger partial charge in [0.05, 0.1) is 29.9 Å². The second-order valence-electron chi connectivity index (χ2n) is 5.43. The van der Waals surface area contributed by atoms with Crippen molar-refractivity contribution in [2.75, 3.05) is 13.2 Å². The molecule has 0 fully saturated rings. The molecule has 1 heterocycles. The zero-order valence-corrected chi connectivity index (χ0v) is 14.4. The molecule has 1 aliphatic rings. The third kappa shape index (κ3) is 3.90. The third-order valence-corrected chi connectivity index (χ3v) is 3.90. The van der Waals surface area contributed by atoms with Gasteiger partial charge in [0.25, 0.3) is 0 Å². The van der Waals surface area contributed by atoms with Gasteiger partial charge in [0.1, 0.15) is 0 Å². The fraction of sp³-hybridized carbons (Fsp3) is 0.158. The highest BCUT2D eigenvalue weighted by Gasteiger charge is 2.17. The number of halogens is 1. The Bertz CT molecular complexity index is 939. The van der Waals surface area contributed by atoms with E-state index in [0.717, 1.165) is 10.6 Å². The van der Waals surface area contributed by atoms with Crippen molar-refractivity contribution in [3.63, 3.8) is 0 Å². The standard InChI is InChI=1S/C19H17ClN2O3/c1-2-25-18(23)11-15-12-22(24)19(13-6-4-3-5-7-13)16-10-14(20)8-9-17(16)21-15/h3-11,24H,2,12H2,1H3/b15-11-. The SMILES string of the molecule is CCOC(=O)/C=C1/CN(O)C(c2ccccc2)=c2cc(Cl)ccc2=N1. The lowest BCUT2D eigenvalue weighted by Crippen LogP contribution is -2.31. The molecule has 0 amide bonds. The van der Waals surface area contributed by atoms with Gasteiger partial charge in [0.2, 0.25) is 0 Å². The topological polar surface area (TPSA) is 62.1 Å². The summed E-state index contributed by atoms with van der Waals surface area (Å²) in [5, 5.41) is 13.6. The molecule has 0 spiro atoms. The number of hydrogen-bond donors (Lipinski definition) is 1. The molecule has 2 aromatic carbocycles. The molecule has 128 valence electrons. The number of benzene rings is 2. The molecule has 5 nitrogen and oxygen atoms in total. The average Bonchev–Trinajstić information content (AvgIpc) is 2.71. The van der Waals surface area contributed by atoms with Crippen molar-refractivity contribution in [2.24, 2.45) is 4.99 Å². The molecule has 1 aliphatic heterocycles. The summed E-state index contributed by atoms with van der Waals surface area (Å²) in [5.74, 6) is -0.492. The predicted molar refractivity (Wildman–Crippen MR) is 94.4 cm³/mol. The largest absolute Gasteiger partial charge is 0.463 e. The zero-order valence-electron chi connectivity index (χ0n) is 13.6. The molecule has 6 heteroatoms. The first kappa shape index (κ1) is 17.2. The Morgan fingerprint density at radius 1 is 1.32 bits per heavy atom. The molecule has 0 aromatic heterocycles. The Kier molecular flexibility index (Phi) is 5.16. The van der Waals surface area contributed by atoms with Crippen LogP contribution in [0.5, 0.6) is 0 Å². The van der Waals surface area contributed by atoms with Gasteiger partial charge in [-0.2, -0.15) is 0 Å². The van der Waals surface area contributed by atoms with Gasteiger partial charge >= 0.3 is 5.97 Å². The zero-order chi connectivity index (χ0) is 17.8. The number of esters is 1. The molecule has 25 heavy (non-hydrogen) atoms. The highest BCUT2D eigenvalue weighted by molar-refractivity contribution is 6.30. The summed E-state index contributed by atoms with van der Waals surface area (Å²) in [5.41, 5.74) is 1.80. The maximum Gasteiger partial charge on any atom is 0.332 e. The van der Waals surface area contributed by atoms with E-state index >= 15 is 0 Å². The van der Waals surface area contributed by atoms with Crippen LogP contribution in [0.3, 0.4) is 0 Å². The van der Waals surface area contributed by atoms with Crippen LogP contribution in [0.2, 0.25) is 5.02 Å². The average molecular weight is 357 g/mol. The van der Waals surface area contributed by atoms with Gasteiger partial charge in [0.15, 0.2) is 0 Å². The van der Waals surface area contributed by atoms with E-state index in [9.17, 15) is 10.0 Å². The first-order chi connectivity index (χ1) is 12.1. The molecule has 1 N–H and O–H groups in total. The quantitative estimate of drug-likeness (QED) is 0.677. The first-order valence-corrected chi connectivity index (χ1v) is 8.24. The molecule has 0 saturated carbocycles. The summed E-state index contributed by atoms with van der Waals surface area (Å²) in [7, 11) is 0. The molecule has 0 aliphatic carbocycles. The van der Waals surface area contributed by atoms with Crippen molar-refractivity contribution < 1.29 is 14.7 Å². The summed E-state index contributed by atoms with van der Waals surface area (Å²) >= 11 is 6.15. The number of hydroxylamine groups is 2. The minimum absolute atomic E-state index is 0.0509. The lowest BCUT2D eigenvalue weighted by Gasteiger charge is -2.19. The van der Waals surface area contributed by atoms with E-state index in [0.29, 0.717) is 27.0 Å². The van der Waals surface area contributed by atoms with Crippen molar-refractivity contribution in [3.05, 3.63) is 81.5 Å². The van der Waals surface area contributed by atoms with Crippen LogP contribution >= 0.6 is 11.6 Å². The summed E-state index contributed by atoms with van der Waals surface area (Å²) in [6.45, 7) is 2.06. The Morgan fingerprint density at radius 2 is 2.08 bits per heavy atom. The van der Waals surface area contributed by atoms with Crippen LogP contribution in [0.15, 0.2) is 65.3 Å². The fourth-order valence-corrected chi connectivity index (χ4v) is 2.83. The second-order valence-corrected chi connectivity index (χ2v) is 5.87. The van der Waals surface area contributed by atoms with Crippen LogP contribution in [0.1, 0.15) is 12.5 Å². The molecule has 3 rings (SSSR count). The van der Waals surface area contributed by atoms with Crippen molar-refractivity contribution in [1.29, 1.82) is 0 Å². The molecule has 0 unspecified atom stereocenters. The minimum Gasteiger partial charge on any atom is -0.463 e. The number of fused-ring (bicyclic) bond motifs is 1. The summed E-state index contributed by atoms with van der Waals surface area (Å²) < 4.78 is 4.94. The van der Waals surface area contributed by atoms with Crippen LogP contribution in [-0.4, -0.2) is 29.4 Å². The lowest BCUT2D eigenvalue weighted by atomic mass is 10.1. The van der Waals surface area contributed by atoms with Gasteiger partial charge in [0, 0.05) is 21.9 Å². The van der Waals surface area contributed by atoms with E-state index in [1.54, 1.807) is 25.1 Å². The summed E-state index contributed by atoms with van der Waals surface area (Å²) in [6.07, 6.45) is 1.29. The third-order valence-electron chi connectivity index (χ3n) is 3.67. The Balaban J connectivity index is 2.24. The summed E-state index contributed by atoms with van der Waals surface area (Å²) in [6, 6.07) is 14.7. The van der Waals surface area contributed by atoms with E-state index in [1.807, 2.05) is 30.3 Å². The first-order valence-electron chi connectivity index (χ1n) is 7.86. The van der Waals surface area contributed by atoms with E-state index in [2.05, 4.69) is 4.99 Å². The highest BCUT2D eigenvalue weighted by atomic mass is 35.5. The normalized spacial score (nSPS) is 15.4. The maximum atomic E-state index is 11.8. The molecule has 0 saturated heterocycles. The van der Waals surface area contributed by atoms with Gasteiger partial charge in [-0.25, -0.2) is 9.86 Å². The van der Waals surface area contributed by atoms with Crippen LogP contribution in [0, 0.1) is 0 Å². The number of nitrogens with zero attached hydrogens (tertiary/aromatic N) is 2. The van der Waals surface area contributed by atoms with Gasteiger partial charge < -0.3 is 4.74 Å². The number of carbonyl (C=O) groups excluding carboxylic acids is 1. The molecule has 2 aromatic rings. The summed E-state index contributed by atoms with van der Waals surface area (Å²) in [4.78, 5) is 16.3. The lowest BCUT2D eigenvalue weighted by molar-refractivity contribution is -0.137. The van der Waals surface area contributed by atoms with Gasteiger partial charge in [-0.05, 0) is 25.1 Å². The Morgan fingerprint density at radius 3 is 2.80 bits per heavy atom. The van der Waals surface area contributed by atoms with E-state index in [-0.39, 0.29) is 13.2 Å². The van der Waals surface area contributed by atoms with E-state index < -0.39 is 5.97 Å². The van der Waals surface area contributed by atoms with Crippen molar-refractivity contribution in [1.82, 2.24) is 5.06 Å². The molecular formula is C19H17ClN2O3. The van der Waals surface area contributed by atoms with E-state index in [1.165, 1.54) is 6.08 Å². The molecular weight excluding hydrogens is 340 g/mol. The number of ether oxygens (including phenoxy) is 1. The Hall–Kier alpha value is -2.63. The number of hydrogen-bond acceptors (Lipinski definition) is 5. The maximum absolute atomic E-state index is 11.8. The fourth-order valence-electron chi connectivity index (χ4n) is 2.66. The minimum atomic E-state index is -0.492. The molecule has 0 bridgehead atoms. The van der Waals surface area contributed by atoms with Gasteiger partial charge in [-0.3, -0.25) is 10.2 Å². The van der Waals surface area contributed by atoms with Crippen molar-refractivity contribution >= 4 is 23.3 Å². The van der Waals surface area contributed by atoms with Crippen LogP contribution < -0.4 is 10.6 Å².